The Morgan fingerprint density at radius 2 is 2.26 bits per heavy atom. The van der Waals surface area contributed by atoms with Crippen molar-refractivity contribution in [1.82, 2.24) is 4.90 Å². The number of benzene rings is 1. The maximum Gasteiger partial charge on any atom is 0.325 e. The van der Waals surface area contributed by atoms with Gasteiger partial charge in [0.2, 0.25) is 0 Å². The van der Waals surface area contributed by atoms with Gasteiger partial charge < -0.3 is 15.9 Å². The summed E-state index contributed by atoms with van der Waals surface area (Å²) in [5, 5.41) is 18.3. The SMILES string of the molecule is CC(c1ccc(O)cc1F)N1CCC(N)(C(=O)O)C1. The second-order valence-electron chi connectivity index (χ2n) is 5.06. The highest BCUT2D eigenvalue weighted by atomic mass is 19.1. The summed E-state index contributed by atoms with van der Waals surface area (Å²) in [6.07, 6.45) is 0.340. The van der Waals surface area contributed by atoms with Crippen molar-refractivity contribution in [2.45, 2.75) is 24.9 Å². The third-order valence-electron chi connectivity index (χ3n) is 3.74. The number of halogens is 1. The predicted molar refractivity (Wildman–Crippen MR) is 67.2 cm³/mol. The van der Waals surface area contributed by atoms with Crippen LogP contribution in [0.2, 0.25) is 0 Å². The van der Waals surface area contributed by atoms with E-state index in [4.69, 9.17) is 10.8 Å². The van der Waals surface area contributed by atoms with Crippen LogP contribution in [-0.2, 0) is 4.79 Å². The van der Waals surface area contributed by atoms with E-state index in [1.165, 1.54) is 12.1 Å². The minimum atomic E-state index is -1.26. The number of hydrogen-bond donors (Lipinski definition) is 3. The number of phenols is 1. The molecule has 0 bridgehead atoms. The summed E-state index contributed by atoms with van der Waals surface area (Å²) >= 11 is 0. The number of carboxylic acids is 1. The van der Waals surface area contributed by atoms with Crippen LogP contribution in [0.4, 0.5) is 4.39 Å². The molecule has 1 fully saturated rings. The van der Waals surface area contributed by atoms with Gasteiger partial charge in [0, 0.05) is 30.8 Å². The second-order valence-corrected chi connectivity index (χ2v) is 5.06. The molecule has 1 heterocycles. The number of nitrogens with zero attached hydrogens (tertiary/aromatic N) is 1. The van der Waals surface area contributed by atoms with Crippen LogP contribution in [0.15, 0.2) is 18.2 Å². The van der Waals surface area contributed by atoms with E-state index in [-0.39, 0.29) is 18.3 Å². The first-order valence-corrected chi connectivity index (χ1v) is 6.08. The third kappa shape index (κ3) is 2.54. The second kappa shape index (κ2) is 4.79. The number of hydrogen-bond acceptors (Lipinski definition) is 4. The molecule has 0 saturated carbocycles. The van der Waals surface area contributed by atoms with Gasteiger partial charge in [0.1, 0.15) is 17.1 Å². The summed E-state index contributed by atoms with van der Waals surface area (Å²) in [5.74, 6) is -1.67. The van der Waals surface area contributed by atoms with Crippen LogP contribution in [0.25, 0.3) is 0 Å². The fourth-order valence-corrected chi connectivity index (χ4v) is 2.42. The normalized spacial score (nSPS) is 25.4. The van der Waals surface area contributed by atoms with E-state index in [2.05, 4.69) is 0 Å². The average Bonchev–Trinajstić information content (AvgIpc) is 2.73. The molecule has 104 valence electrons. The first-order chi connectivity index (χ1) is 8.83. The van der Waals surface area contributed by atoms with Gasteiger partial charge >= 0.3 is 5.97 Å². The monoisotopic (exact) mass is 268 g/mol. The number of likely N-dealkylation sites (tertiary alicyclic amines) is 1. The van der Waals surface area contributed by atoms with Gasteiger partial charge in [-0.2, -0.15) is 0 Å². The van der Waals surface area contributed by atoms with Gasteiger partial charge in [-0.05, 0) is 19.4 Å². The summed E-state index contributed by atoms with van der Waals surface area (Å²) in [7, 11) is 0. The van der Waals surface area contributed by atoms with E-state index in [0.717, 1.165) is 6.07 Å². The first-order valence-electron chi connectivity index (χ1n) is 6.08. The van der Waals surface area contributed by atoms with Crippen molar-refractivity contribution in [2.24, 2.45) is 5.73 Å². The van der Waals surface area contributed by atoms with Crippen LogP contribution in [0, 0.1) is 5.82 Å². The Bertz CT molecular complexity index is 509. The third-order valence-corrected chi connectivity index (χ3v) is 3.74. The van der Waals surface area contributed by atoms with E-state index in [0.29, 0.717) is 18.5 Å². The van der Waals surface area contributed by atoms with Crippen LogP contribution in [0.3, 0.4) is 0 Å². The molecule has 1 aliphatic rings. The van der Waals surface area contributed by atoms with E-state index >= 15 is 0 Å². The number of aliphatic carboxylic acids is 1. The Morgan fingerprint density at radius 1 is 1.58 bits per heavy atom. The van der Waals surface area contributed by atoms with Crippen LogP contribution in [0.5, 0.6) is 5.75 Å². The summed E-state index contributed by atoms with van der Waals surface area (Å²) in [5.41, 5.74) is 4.96. The van der Waals surface area contributed by atoms with Crippen LogP contribution in [0.1, 0.15) is 24.9 Å². The molecule has 0 aromatic heterocycles. The van der Waals surface area contributed by atoms with Crippen molar-refractivity contribution in [3.05, 3.63) is 29.6 Å². The Kier molecular flexibility index (Phi) is 3.47. The topological polar surface area (TPSA) is 86.8 Å². The molecule has 19 heavy (non-hydrogen) atoms. The lowest BCUT2D eigenvalue weighted by Gasteiger charge is -2.26. The fraction of sp³-hybridized carbons (Fsp3) is 0.462. The van der Waals surface area contributed by atoms with E-state index in [1.54, 1.807) is 6.92 Å². The van der Waals surface area contributed by atoms with Gasteiger partial charge in [-0.15, -0.1) is 0 Å². The lowest BCUT2D eigenvalue weighted by molar-refractivity contribution is -0.142. The maximum absolute atomic E-state index is 13.8. The molecule has 1 aromatic rings. The number of carboxylic acid groups (broad SMARTS) is 1. The molecule has 2 atom stereocenters. The highest BCUT2D eigenvalue weighted by Crippen LogP contribution is 2.31. The van der Waals surface area contributed by atoms with Gasteiger partial charge in [-0.25, -0.2) is 4.39 Å². The van der Waals surface area contributed by atoms with Crippen LogP contribution in [-0.4, -0.2) is 39.7 Å². The standard InChI is InChI=1S/C13H17FN2O3/c1-8(10-3-2-9(17)6-11(10)14)16-5-4-13(15,7-16)12(18)19/h2-3,6,8,17H,4-5,7,15H2,1H3,(H,18,19). The van der Waals surface area contributed by atoms with Gasteiger partial charge in [0.05, 0.1) is 0 Å². The summed E-state index contributed by atoms with van der Waals surface area (Å²) in [4.78, 5) is 12.9. The minimum Gasteiger partial charge on any atom is -0.508 e. The average molecular weight is 268 g/mol. The maximum atomic E-state index is 13.8. The summed E-state index contributed by atoms with van der Waals surface area (Å²) in [6, 6.07) is 3.68. The van der Waals surface area contributed by atoms with Gasteiger partial charge in [0.15, 0.2) is 0 Å². The molecule has 2 rings (SSSR count). The smallest absolute Gasteiger partial charge is 0.325 e. The minimum absolute atomic E-state index is 0.131. The van der Waals surface area contributed by atoms with E-state index in [1.807, 2.05) is 4.90 Å². The molecule has 0 spiro atoms. The van der Waals surface area contributed by atoms with E-state index < -0.39 is 17.3 Å². The van der Waals surface area contributed by atoms with E-state index in [9.17, 15) is 14.3 Å². The number of carbonyl (C=O) groups is 1. The number of rotatable bonds is 3. The van der Waals surface area contributed by atoms with Crippen molar-refractivity contribution >= 4 is 5.97 Å². The highest BCUT2D eigenvalue weighted by molar-refractivity contribution is 5.79. The van der Waals surface area contributed by atoms with Gasteiger partial charge in [-0.3, -0.25) is 9.69 Å². The van der Waals surface area contributed by atoms with Gasteiger partial charge in [0.25, 0.3) is 0 Å². The molecule has 1 saturated heterocycles. The molecule has 5 nitrogen and oxygen atoms in total. The summed E-state index contributed by atoms with van der Waals surface area (Å²) in [6.45, 7) is 2.48. The van der Waals surface area contributed by atoms with Gasteiger partial charge in [-0.1, -0.05) is 6.07 Å². The van der Waals surface area contributed by atoms with Crippen molar-refractivity contribution in [1.29, 1.82) is 0 Å². The molecular weight excluding hydrogens is 251 g/mol. The summed E-state index contributed by atoms with van der Waals surface area (Å²) < 4.78 is 13.8. The molecule has 4 N–H and O–H groups in total. The largest absolute Gasteiger partial charge is 0.508 e. The fourth-order valence-electron chi connectivity index (χ4n) is 2.42. The number of phenolic OH excluding ortho intramolecular Hbond substituents is 1. The molecule has 0 radical (unpaired) electrons. The lowest BCUT2D eigenvalue weighted by atomic mass is 10.0. The molecule has 0 aliphatic carbocycles. The molecule has 2 unspecified atom stereocenters. The molecule has 1 aromatic carbocycles. The molecule has 1 aliphatic heterocycles. The number of aromatic hydroxyl groups is 1. The highest BCUT2D eigenvalue weighted by Gasteiger charge is 2.42. The first kappa shape index (κ1) is 13.8. The predicted octanol–water partition coefficient (Wildman–Crippen LogP) is 1.08. The Morgan fingerprint density at radius 3 is 2.79 bits per heavy atom. The van der Waals surface area contributed by atoms with Crippen molar-refractivity contribution in [2.75, 3.05) is 13.1 Å². The Hall–Kier alpha value is -1.66. The van der Waals surface area contributed by atoms with Crippen molar-refractivity contribution in [3.63, 3.8) is 0 Å². The zero-order chi connectivity index (χ0) is 14.2. The molecule has 0 amide bonds. The molecular formula is C13H17FN2O3. The van der Waals surface area contributed by atoms with Crippen LogP contribution >= 0.6 is 0 Å². The number of nitrogens with two attached hydrogens (primary N) is 1. The van der Waals surface area contributed by atoms with Crippen molar-refractivity contribution in [3.8, 4) is 5.75 Å². The zero-order valence-electron chi connectivity index (χ0n) is 10.6. The molecule has 6 heteroatoms. The Balaban J connectivity index is 2.17. The quantitative estimate of drug-likeness (QED) is 0.763. The zero-order valence-corrected chi connectivity index (χ0v) is 10.6. The lowest BCUT2D eigenvalue weighted by Crippen LogP contribution is -2.50. The van der Waals surface area contributed by atoms with Crippen LogP contribution < -0.4 is 5.73 Å². The van der Waals surface area contributed by atoms with Crippen molar-refractivity contribution < 1.29 is 19.4 Å². The Labute approximate surface area is 110 Å².